The Morgan fingerprint density at radius 3 is 3.00 bits per heavy atom. The average Bonchev–Trinajstić information content (AvgIpc) is 1.86. The van der Waals surface area contributed by atoms with E-state index in [2.05, 4.69) is 10.3 Å². The summed E-state index contributed by atoms with van der Waals surface area (Å²) in [5, 5.41) is 2.46. The van der Waals surface area contributed by atoms with Crippen LogP contribution in [0.15, 0.2) is 0 Å². The number of nitrogens with one attached hydrogen (secondary N) is 1. The summed E-state index contributed by atoms with van der Waals surface area (Å²) >= 11 is 0. The van der Waals surface area contributed by atoms with Crippen molar-refractivity contribution in [3.05, 3.63) is 0 Å². The van der Waals surface area contributed by atoms with Crippen molar-refractivity contribution in [2.24, 2.45) is 0 Å². The first kappa shape index (κ1) is 3.33. The monoisotopic (exact) mass is 84.0 g/mol. The van der Waals surface area contributed by atoms with Crippen molar-refractivity contribution in [1.29, 1.82) is 0 Å². The topological polar surface area (TPSA) is 43.2 Å². The Morgan fingerprint density at radius 1 is 2.00 bits per heavy atom. The van der Waals surface area contributed by atoms with Crippen LogP contribution in [0.5, 0.6) is 0 Å². The van der Waals surface area contributed by atoms with E-state index in [0.717, 1.165) is 0 Å². The van der Waals surface area contributed by atoms with E-state index in [1.54, 1.807) is 6.21 Å². The zero-order chi connectivity index (χ0) is 4.41. The lowest BCUT2D eigenvalue weighted by Gasteiger charge is -1.65. The molecule has 1 aliphatic heterocycles. The van der Waals surface area contributed by atoms with E-state index in [4.69, 9.17) is 0 Å². The zero-order valence-corrected chi connectivity index (χ0v) is 3.14. The van der Waals surface area contributed by atoms with E-state index in [1.165, 1.54) is 0 Å². The van der Waals surface area contributed by atoms with Gasteiger partial charge in [0.25, 0.3) is 0 Å². The third kappa shape index (κ3) is 0.381. The normalized spacial score (nSPS) is 18.3. The molecule has 1 aliphatic rings. The van der Waals surface area contributed by atoms with Crippen LogP contribution < -0.4 is 10.3 Å². The molecule has 0 atom stereocenters. The van der Waals surface area contributed by atoms with Gasteiger partial charge in [-0.1, -0.05) is 0 Å². The molecule has 0 aromatic heterocycles. The SMILES string of the molecule is O=C1[N+]=CCN1. The molecule has 0 saturated carbocycles. The van der Waals surface area contributed by atoms with E-state index < -0.39 is 0 Å². The second kappa shape index (κ2) is 1.08. The molecule has 6 heavy (non-hydrogen) atoms. The Labute approximate surface area is 35.1 Å². The lowest BCUT2D eigenvalue weighted by molar-refractivity contribution is 0.249. The molecule has 31 valence electrons. The summed E-state index contributed by atoms with van der Waals surface area (Å²) in [5.41, 5.74) is 0. The molecule has 1 radical (unpaired) electrons. The zero-order valence-electron chi connectivity index (χ0n) is 3.14. The summed E-state index contributed by atoms with van der Waals surface area (Å²) < 4.78 is 0. The molecular formula is C3H4N2O+. The molecule has 1 N–H and O–H groups in total. The third-order valence-corrected chi connectivity index (χ3v) is 0.553. The molecule has 0 unspecified atom stereocenters. The summed E-state index contributed by atoms with van der Waals surface area (Å²) in [6.45, 7) is 0.596. The van der Waals surface area contributed by atoms with Crippen molar-refractivity contribution < 1.29 is 4.79 Å². The van der Waals surface area contributed by atoms with Gasteiger partial charge in [-0.05, 0) is 4.99 Å². The molecule has 0 fully saturated rings. The first-order valence-electron chi connectivity index (χ1n) is 1.70. The molecule has 2 amide bonds. The van der Waals surface area contributed by atoms with Crippen molar-refractivity contribution in [2.75, 3.05) is 6.54 Å². The first-order chi connectivity index (χ1) is 2.89. The van der Waals surface area contributed by atoms with E-state index in [9.17, 15) is 4.79 Å². The van der Waals surface area contributed by atoms with Crippen LogP contribution in [0.3, 0.4) is 0 Å². The Balaban J connectivity index is 2.59. The number of hydrogen-bond acceptors (Lipinski definition) is 1. The van der Waals surface area contributed by atoms with Crippen LogP contribution in [0.25, 0.3) is 0 Å². The maximum Gasteiger partial charge on any atom is 0.532 e. The second-order valence-corrected chi connectivity index (χ2v) is 0.998. The number of carbonyl (C=O) groups excluding carboxylic acids is 1. The van der Waals surface area contributed by atoms with Gasteiger partial charge in [0.2, 0.25) is 0 Å². The van der Waals surface area contributed by atoms with Crippen LogP contribution >= 0.6 is 0 Å². The quantitative estimate of drug-likeness (QED) is 0.406. The molecule has 0 aliphatic carbocycles. The van der Waals surface area contributed by atoms with Crippen LogP contribution in [0.1, 0.15) is 0 Å². The summed E-state index contributed by atoms with van der Waals surface area (Å²) in [5.74, 6) is 0. The number of carbonyl (C=O) groups is 1. The molecule has 3 nitrogen and oxygen atoms in total. The van der Waals surface area contributed by atoms with Crippen LogP contribution in [0.4, 0.5) is 4.79 Å². The van der Waals surface area contributed by atoms with Gasteiger partial charge in [-0.3, -0.25) is 0 Å². The first-order valence-corrected chi connectivity index (χ1v) is 1.70. The number of rotatable bonds is 0. The fourth-order valence-corrected chi connectivity index (χ4v) is 0.307. The van der Waals surface area contributed by atoms with Crippen molar-refractivity contribution in [1.82, 2.24) is 10.3 Å². The number of urea groups is 1. The lowest BCUT2D eigenvalue weighted by Crippen LogP contribution is -2.15. The molecule has 0 spiro atoms. The standard InChI is InChI=1S/C3H4N2O/c6-3-4-1-2-5-3/h1H,2H2,(H,5,6)/q+1. The van der Waals surface area contributed by atoms with Gasteiger partial charge in [-0.25, -0.2) is 5.32 Å². The smallest absolute Gasteiger partial charge is 0.227 e. The third-order valence-electron chi connectivity index (χ3n) is 0.553. The van der Waals surface area contributed by atoms with Crippen molar-refractivity contribution in [2.45, 2.75) is 0 Å². The fourth-order valence-electron chi connectivity index (χ4n) is 0.307. The largest absolute Gasteiger partial charge is 0.532 e. The van der Waals surface area contributed by atoms with Gasteiger partial charge in [-0.2, -0.15) is 4.79 Å². The molecule has 0 saturated heterocycles. The number of hydrogen-bond donors (Lipinski definition) is 1. The molecule has 1 rings (SSSR count). The van der Waals surface area contributed by atoms with Crippen LogP contribution in [0.2, 0.25) is 0 Å². The maximum absolute atomic E-state index is 9.93. The Bertz CT molecular complexity index is 97.0. The van der Waals surface area contributed by atoms with E-state index in [0.29, 0.717) is 6.54 Å². The Hall–Kier alpha value is -0.860. The van der Waals surface area contributed by atoms with Crippen LogP contribution in [0, 0.1) is 0 Å². The Kier molecular flexibility index (Phi) is 0.602. The molecule has 0 bridgehead atoms. The highest BCUT2D eigenvalue weighted by Crippen LogP contribution is 1.63. The highest BCUT2D eigenvalue weighted by molar-refractivity contribution is 5.87. The van der Waals surface area contributed by atoms with Gasteiger partial charge < -0.3 is 0 Å². The minimum Gasteiger partial charge on any atom is -0.227 e. The summed E-state index contributed by atoms with van der Waals surface area (Å²) in [6, 6.07) is -0.227. The predicted octanol–water partition coefficient (Wildman–Crippen LogP) is -0.884. The summed E-state index contributed by atoms with van der Waals surface area (Å²) in [4.78, 5) is 13.3. The van der Waals surface area contributed by atoms with Crippen LogP contribution in [-0.4, -0.2) is 18.8 Å². The highest BCUT2D eigenvalue weighted by atomic mass is 16.2. The van der Waals surface area contributed by atoms with E-state index >= 15 is 0 Å². The van der Waals surface area contributed by atoms with Gasteiger partial charge in [0.05, 0.1) is 0 Å². The van der Waals surface area contributed by atoms with Crippen molar-refractivity contribution in [3.63, 3.8) is 0 Å². The minimum atomic E-state index is -0.227. The van der Waals surface area contributed by atoms with Gasteiger partial charge >= 0.3 is 6.03 Å². The van der Waals surface area contributed by atoms with Gasteiger partial charge in [0, 0.05) is 0 Å². The molecule has 0 aromatic carbocycles. The molecule has 3 heteroatoms. The molecular weight excluding hydrogens is 80.0 g/mol. The lowest BCUT2D eigenvalue weighted by atomic mass is 10.8. The van der Waals surface area contributed by atoms with Crippen LogP contribution in [-0.2, 0) is 0 Å². The molecule has 0 aromatic rings. The summed E-state index contributed by atoms with van der Waals surface area (Å²) in [6.07, 6.45) is 1.54. The number of amides is 2. The van der Waals surface area contributed by atoms with Gasteiger partial charge in [-0.15, -0.1) is 0 Å². The minimum absolute atomic E-state index is 0.227. The molecule has 1 heterocycles. The van der Waals surface area contributed by atoms with Gasteiger partial charge in [0.1, 0.15) is 6.54 Å². The highest BCUT2D eigenvalue weighted by Gasteiger charge is 2.12. The Morgan fingerprint density at radius 2 is 2.83 bits per heavy atom. The van der Waals surface area contributed by atoms with E-state index in [-0.39, 0.29) is 6.03 Å². The number of nitrogens with zero attached hydrogens (tertiary/aromatic N) is 1. The number of aliphatic imine (C=N–C) groups is 1. The van der Waals surface area contributed by atoms with Crippen molar-refractivity contribution >= 4 is 12.2 Å². The second-order valence-electron chi connectivity index (χ2n) is 0.998. The average molecular weight is 84.1 g/mol. The van der Waals surface area contributed by atoms with Crippen molar-refractivity contribution in [3.8, 4) is 0 Å². The predicted molar refractivity (Wildman–Crippen MR) is 21.6 cm³/mol. The fraction of sp³-hybridized carbons (Fsp3) is 0.333. The van der Waals surface area contributed by atoms with E-state index in [1.807, 2.05) is 0 Å². The summed E-state index contributed by atoms with van der Waals surface area (Å²) in [7, 11) is 0. The van der Waals surface area contributed by atoms with Gasteiger partial charge in [0.15, 0.2) is 6.21 Å². The maximum atomic E-state index is 9.93.